The Morgan fingerprint density at radius 3 is 2.72 bits per heavy atom. The van der Waals surface area contributed by atoms with Gasteiger partial charge in [0.15, 0.2) is 0 Å². The minimum atomic E-state index is -0.313. The Morgan fingerprint density at radius 2 is 1.97 bits per heavy atom. The molecule has 0 fully saturated rings. The van der Waals surface area contributed by atoms with Crippen LogP contribution in [-0.2, 0) is 6.54 Å². The number of rotatable bonds is 7. The van der Waals surface area contributed by atoms with Gasteiger partial charge in [0.25, 0.3) is 5.91 Å². The van der Waals surface area contributed by atoms with Crippen molar-refractivity contribution in [3.8, 4) is 5.75 Å². The van der Waals surface area contributed by atoms with Crippen molar-refractivity contribution in [1.82, 2.24) is 20.2 Å². The highest BCUT2D eigenvalue weighted by molar-refractivity contribution is 5.97. The van der Waals surface area contributed by atoms with Gasteiger partial charge in [0.05, 0.1) is 30.2 Å². The maximum Gasteiger partial charge on any atom is 0.319 e. The molecule has 0 saturated carbocycles. The van der Waals surface area contributed by atoms with E-state index in [0.717, 1.165) is 11.0 Å². The molecule has 8 nitrogen and oxygen atoms in total. The highest BCUT2D eigenvalue weighted by atomic mass is 16.5. The van der Waals surface area contributed by atoms with Crippen molar-refractivity contribution in [3.63, 3.8) is 0 Å². The van der Waals surface area contributed by atoms with Crippen molar-refractivity contribution >= 4 is 28.7 Å². The zero-order valence-corrected chi connectivity index (χ0v) is 16.7. The number of carbonyl (C=O) groups excluding carboxylic acids is 2. The Balaban J connectivity index is 1.58. The molecule has 0 spiro atoms. The Hall–Kier alpha value is -3.55. The van der Waals surface area contributed by atoms with Gasteiger partial charge in [-0.1, -0.05) is 12.1 Å². The molecule has 0 aliphatic carbocycles. The predicted octanol–water partition coefficient (Wildman–Crippen LogP) is 3.00. The van der Waals surface area contributed by atoms with Crippen LogP contribution >= 0.6 is 0 Å². The zero-order chi connectivity index (χ0) is 20.8. The molecule has 152 valence electrons. The number of hydrogen-bond donors (Lipinski definition) is 3. The van der Waals surface area contributed by atoms with Gasteiger partial charge in [-0.25, -0.2) is 9.78 Å². The summed E-state index contributed by atoms with van der Waals surface area (Å²) in [5.41, 5.74) is 2.82. The maximum atomic E-state index is 12.1. The van der Waals surface area contributed by atoms with E-state index in [0.29, 0.717) is 30.1 Å². The number of amides is 3. The first kappa shape index (κ1) is 20.2. The Kier molecular flexibility index (Phi) is 6.33. The van der Waals surface area contributed by atoms with E-state index in [2.05, 4.69) is 20.9 Å². The molecule has 3 rings (SSSR count). The molecule has 0 radical (unpaired) electrons. The summed E-state index contributed by atoms with van der Waals surface area (Å²) in [6.07, 6.45) is 1.70. The molecule has 1 aromatic heterocycles. The zero-order valence-electron chi connectivity index (χ0n) is 16.7. The third kappa shape index (κ3) is 5.04. The lowest BCUT2D eigenvalue weighted by Crippen LogP contribution is -2.31. The molecule has 2 aromatic carbocycles. The molecule has 3 aromatic rings. The number of urea groups is 1. The number of imidazole rings is 1. The van der Waals surface area contributed by atoms with E-state index in [1.54, 1.807) is 37.7 Å². The average Bonchev–Trinajstić information content (AvgIpc) is 3.10. The second-order valence-corrected chi connectivity index (χ2v) is 6.85. The van der Waals surface area contributed by atoms with E-state index in [4.69, 9.17) is 4.74 Å². The van der Waals surface area contributed by atoms with Gasteiger partial charge in [-0.2, -0.15) is 0 Å². The van der Waals surface area contributed by atoms with Gasteiger partial charge in [0, 0.05) is 24.7 Å². The van der Waals surface area contributed by atoms with Crippen molar-refractivity contribution in [2.24, 2.45) is 0 Å². The van der Waals surface area contributed by atoms with Crippen LogP contribution in [0.1, 0.15) is 24.2 Å². The number of para-hydroxylation sites is 2. The van der Waals surface area contributed by atoms with Crippen LogP contribution < -0.4 is 20.7 Å². The second kappa shape index (κ2) is 9.09. The number of nitrogens with one attached hydrogen (secondary N) is 3. The van der Waals surface area contributed by atoms with Gasteiger partial charge >= 0.3 is 6.03 Å². The van der Waals surface area contributed by atoms with Crippen molar-refractivity contribution < 1.29 is 14.3 Å². The molecule has 3 amide bonds. The quantitative estimate of drug-likeness (QED) is 0.573. The smallest absolute Gasteiger partial charge is 0.319 e. The first-order chi connectivity index (χ1) is 14.0. The summed E-state index contributed by atoms with van der Waals surface area (Å²) in [5.74, 6) is 0.478. The highest BCUT2D eigenvalue weighted by Crippen LogP contribution is 2.22. The Morgan fingerprint density at radius 1 is 1.17 bits per heavy atom. The largest absolute Gasteiger partial charge is 0.495 e. The summed E-state index contributed by atoms with van der Waals surface area (Å²) < 4.78 is 7.16. The molecular formula is C21H25N5O3. The topological polar surface area (TPSA) is 97.3 Å². The standard InChI is InChI=1S/C21H25N5O3/c1-14(2)24-20(27)15-8-9-18-17(12-15)23-13-26(18)11-10-22-21(28)25-16-6-4-5-7-19(16)29-3/h4-9,12-14H,10-11H2,1-3H3,(H,24,27)(H2,22,25,28). The van der Waals surface area contributed by atoms with Crippen LogP contribution in [-0.4, -0.2) is 41.2 Å². The van der Waals surface area contributed by atoms with E-state index < -0.39 is 0 Å². The minimum absolute atomic E-state index is 0.0730. The number of carbonyl (C=O) groups is 2. The van der Waals surface area contributed by atoms with E-state index >= 15 is 0 Å². The number of anilines is 1. The maximum absolute atomic E-state index is 12.1. The first-order valence-corrected chi connectivity index (χ1v) is 9.41. The van der Waals surface area contributed by atoms with E-state index in [1.165, 1.54) is 0 Å². The third-order valence-corrected chi connectivity index (χ3v) is 4.30. The number of benzene rings is 2. The van der Waals surface area contributed by atoms with Crippen LogP contribution in [0.3, 0.4) is 0 Å². The van der Waals surface area contributed by atoms with E-state index in [-0.39, 0.29) is 18.0 Å². The van der Waals surface area contributed by atoms with Gasteiger partial charge < -0.3 is 25.3 Å². The van der Waals surface area contributed by atoms with Crippen molar-refractivity contribution in [2.75, 3.05) is 19.0 Å². The highest BCUT2D eigenvalue weighted by Gasteiger charge is 2.11. The molecule has 29 heavy (non-hydrogen) atoms. The molecule has 0 saturated heterocycles. The first-order valence-electron chi connectivity index (χ1n) is 9.41. The second-order valence-electron chi connectivity index (χ2n) is 6.85. The Labute approximate surface area is 169 Å². The van der Waals surface area contributed by atoms with Crippen LogP contribution in [0.2, 0.25) is 0 Å². The molecule has 0 aliphatic heterocycles. The fourth-order valence-corrected chi connectivity index (χ4v) is 2.93. The lowest BCUT2D eigenvalue weighted by atomic mass is 10.2. The molecule has 0 unspecified atom stereocenters. The average molecular weight is 395 g/mol. The van der Waals surface area contributed by atoms with Gasteiger partial charge in [0.1, 0.15) is 5.75 Å². The van der Waals surface area contributed by atoms with Crippen molar-refractivity contribution in [1.29, 1.82) is 0 Å². The number of hydrogen-bond acceptors (Lipinski definition) is 4. The summed E-state index contributed by atoms with van der Waals surface area (Å²) in [4.78, 5) is 28.6. The number of ether oxygens (including phenoxy) is 1. The lowest BCUT2D eigenvalue weighted by Gasteiger charge is -2.11. The SMILES string of the molecule is COc1ccccc1NC(=O)NCCn1cnc2cc(C(=O)NC(C)C)ccc21. The number of fused-ring (bicyclic) bond motifs is 1. The van der Waals surface area contributed by atoms with E-state index in [9.17, 15) is 9.59 Å². The van der Waals surface area contributed by atoms with Crippen LogP contribution in [0.25, 0.3) is 11.0 Å². The van der Waals surface area contributed by atoms with Gasteiger partial charge in [-0.15, -0.1) is 0 Å². The molecule has 0 aliphatic rings. The molecule has 0 bridgehead atoms. The summed E-state index contributed by atoms with van der Waals surface area (Å²) in [6, 6.07) is 12.4. The van der Waals surface area contributed by atoms with Crippen LogP contribution in [0.15, 0.2) is 48.8 Å². The van der Waals surface area contributed by atoms with Gasteiger partial charge in [0.2, 0.25) is 0 Å². The fraction of sp³-hybridized carbons (Fsp3) is 0.286. The van der Waals surface area contributed by atoms with Crippen molar-refractivity contribution in [3.05, 3.63) is 54.4 Å². The van der Waals surface area contributed by atoms with Gasteiger partial charge in [-0.3, -0.25) is 4.79 Å². The minimum Gasteiger partial charge on any atom is -0.495 e. The molecule has 3 N–H and O–H groups in total. The van der Waals surface area contributed by atoms with Crippen LogP contribution in [0, 0.1) is 0 Å². The van der Waals surface area contributed by atoms with Gasteiger partial charge in [-0.05, 0) is 44.2 Å². The lowest BCUT2D eigenvalue weighted by molar-refractivity contribution is 0.0943. The summed E-state index contributed by atoms with van der Waals surface area (Å²) >= 11 is 0. The predicted molar refractivity (Wildman–Crippen MR) is 112 cm³/mol. The summed E-state index contributed by atoms with van der Waals surface area (Å²) in [6.45, 7) is 4.81. The Bertz CT molecular complexity index is 1010. The summed E-state index contributed by atoms with van der Waals surface area (Å²) in [7, 11) is 1.56. The molecule has 1 heterocycles. The third-order valence-electron chi connectivity index (χ3n) is 4.30. The van der Waals surface area contributed by atoms with E-state index in [1.807, 2.05) is 36.6 Å². The van der Waals surface area contributed by atoms with Crippen LogP contribution in [0.4, 0.5) is 10.5 Å². The van der Waals surface area contributed by atoms with Crippen molar-refractivity contribution in [2.45, 2.75) is 26.4 Å². The number of methoxy groups -OCH3 is 1. The number of nitrogens with zero attached hydrogens (tertiary/aromatic N) is 2. The molecule has 0 atom stereocenters. The number of aromatic nitrogens is 2. The monoisotopic (exact) mass is 395 g/mol. The fourth-order valence-electron chi connectivity index (χ4n) is 2.93. The summed E-state index contributed by atoms with van der Waals surface area (Å²) in [5, 5.41) is 8.46. The molecule has 8 heteroatoms. The normalized spacial score (nSPS) is 10.8. The molecular weight excluding hydrogens is 370 g/mol. The van der Waals surface area contributed by atoms with Crippen LogP contribution in [0.5, 0.6) is 5.75 Å².